The topological polar surface area (TPSA) is 36.9 Å². The Balaban J connectivity index is 1.38. The minimum atomic E-state index is 0.678. The van der Waals surface area contributed by atoms with E-state index in [2.05, 4.69) is 243 Å². The highest BCUT2D eigenvalue weighted by Gasteiger charge is 2.19. The first kappa shape index (κ1) is 66.2. The second kappa shape index (κ2) is 38.7. The Bertz CT molecular complexity index is 2850. The van der Waals surface area contributed by atoms with Crippen LogP contribution in [0.15, 0.2) is 146 Å². The Morgan fingerprint density at radius 3 is 0.869 bits per heavy atom. The molecule has 446 valence electrons. The molecule has 0 heterocycles. The summed E-state index contributed by atoms with van der Waals surface area (Å²) in [6.07, 6.45) is 38.4. The van der Waals surface area contributed by atoms with Crippen LogP contribution < -0.4 is 18.9 Å². The van der Waals surface area contributed by atoms with E-state index < -0.39 is 0 Å². The summed E-state index contributed by atoms with van der Waals surface area (Å²) in [5, 5.41) is 0. The van der Waals surface area contributed by atoms with Gasteiger partial charge in [0.05, 0.1) is 33.6 Å². The Hall–Kier alpha value is -5.32. The zero-order chi connectivity index (χ0) is 58.8. The first-order chi connectivity index (χ1) is 41.4. The van der Waals surface area contributed by atoms with Crippen LogP contribution in [-0.2, 0) is 0 Å². The molecule has 84 heavy (non-hydrogen) atoms. The lowest BCUT2D eigenvalue weighted by atomic mass is 9.85. The molecule has 7 aromatic carbocycles. The number of unbranched alkanes of at least 4 members (excludes halogenated alkanes) is 20. The monoisotopic (exact) mass is 1350 g/mol. The van der Waals surface area contributed by atoms with E-state index in [0.29, 0.717) is 26.4 Å². The molecule has 4 nitrogen and oxygen atoms in total. The summed E-state index contributed by atoms with van der Waals surface area (Å²) >= 11 is 4.88. The van der Waals surface area contributed by atoms with Gasteiger partial charge in [-0.3, -0.25) is 0 Å². The van der Waals surface area contributed by atoms with Gasteiger partial charge in [0.2, 0.25) is 0 Å². The summed E-state index contributed by atoms with van der Waals surface area (Å²) in [5.41, 5.74) is 13.5. The summed E-state index contributed by atoms with van der Waals surface area (Å²) in [6.45, 7) is 11.9. The number of hydrogen-bond donors (Lipinski definition) is 0. The summed E-state index contributed by atoms with van der Waals surface area (Å²) in [6, 6.07) is 53.1. The SMILES string of the molecule is CCCCCCCCOc1cc(/C=C/c2cc(-c3ccccc3-c3ccccc3)c(/C=C/c3cc(OCCCCCCCC)c(I)cc3OCCCCCCCC)cc2-c2ccccc2-c2ccccc2)c(OCCCCCCCC)cc1I. The second-order valence-electron chi connectivity index (χ2n) is 22.6. The Morgan fingerprint density at radius 2 is 0.536 bits per heavy atom. The molecule has 6 heteroatoms. The smallest absolute Gasteiger partial charge is 0.133 e. The summed E-state index contributed by atoms with van der Waals surface area (Å²) in [5.74, 6) is 3.59. The molecule has 0 radical (unpaired) electrons. The van der Waals surface area contributed by atoms with Gasteiger partial charge in [-0.2, -0.15) is 0 Å². The van der Waals surface area contributed by atoms with Crippen LogP contribution in [0.4, 0.5) is 0 Å². The van der Waals surface area contributed by atoms with Crippen LogP contribution in [0.2, 0.25) is 0 Å². The van der Waals surface area contributed by atoms with Crippen molar-refractivity contribution in [2.24, 2.45) is 0 Å². The molecule has 7 aromatic rings. The standard InChI is InChI=1S/C78H96I2O4/c1-5-9-13-17-21-35-51-81-75-59-73(79)77(83-53-37-23-19-15-11-7-3)57-65(75)49-47-63-55-72(70-46-34-32-44-68(70)62-41-29-26-30-42-62)64(56-71(63)69-45-33-31-43-67(69)61-39-27-25-28-40-61)48-50-66-58-78(84-54-38-24-20-16-12-8-4)74(80)60-76(66)82-52-36-22-18-14-10-6-2/h25-34,39-50,55-60H,5-24,35-38,51-54H2,1-4H3/b49-47+,50-48+. The van der Waals surface area contributed by atoms with Gasteiger partial charge in [0.15, 0.2) is 0 Å². The van der Waals surface area contributed by atoms with Crippen LogP contribution in [0.3, 0.4) is 0 Å². The molecule has 0 N–H and O–H groups in total. The van der Waals surface area contributed by atoms with Gasteiger partial charge in [0.25, 0.3) is 0 Å². The Morgan fingerprint density at radius 1 is 0.262 bits per heavy atom. The van der Waals surface area contributed by atoms with E-state index in [-0.39, 0.29) is 0 Å². The molecule has 0 atom stereocenters. The maximum absolute atomic E-state index is 6.77. The van der Waals surface area contributed by atoms with Crippen molar-refractivity contribution in [1.82, 2.24) is 0 Å². The minimum absolute atomic E-state index is 0.678. The summed E-state index contributed by atoms with van der Waals surface area (Å²) < 4.78 is 28.9. The molecule has 0 aliphatic rings. The molecule has 0 saturated heterocycles. The fourth-order valence-electron chi connectivity index (χ4n) is 11.0. The van der Waals surface area contributed by atoms with Crippen molar-refractivity contribution in [3.8, 4) is 67.5 Å². The maximum Gasteiger partial charge on any atom is 0.133 e. The van der Waals surface area contributed by atoms with Crippen molar-refractivity contribution < 1.29 is 18.9 Å². The number of hydrogen-bond acceptors (Lipinski definition) is 4. The van der Waals surface area contributed by atoms with Gasteiger partial charge in [0.1, 0.15) is 23.0 Å². The molecule has 0 unspecified atom stereocenters. The van der Waals surface area contributed by atoms with Crippen LogP contribution in [-0.4, -0.2) is 26.4 Å². The zero-order valence-electron chi connectivity index (χ0n) is 51.4. The van der Waals surface area contributed by atoms with Gasteiger partial charge in [-0.1, -0.05) is 290 Å². The highest BCUT2D eigenvalue weighted by molar-refractivity contribution is 14.1. The van der Waals surface area contributed by atoms with Gasteiger partial charge in [-0.15, -0.1) is 0 Å². The maximum atomic E-state index is 6.77. The lowest BCUT2D eigenvalue weighted by Crippen LogP contribution is -2.03. The van der Waals surface area contributed by atoms with Gasteiger partial charge in [-0.05, 0) is 163 Å². The number of ether oxygens (including phenoxy) is 4. The molecule has 7 rings (SSSR count). The average Bonchev–Trinajstić information content (AvgIpc) is 3.71. The van der Waals surface area contributed by atoms with Crippen LogP contribution in [0.5, 0.6) is 23.0 Å². The van der Waals surface area contributed by atoms with E-state index in [1.807, 2.05) is 0 Å². The molecular formula is C78H96I2O4. The van der Waals surface area contributed by atoms with E-state index in [1.165, 1.54) is 151 Å². The molecule has 0 aliphatic carbocycles. The first-order valence-corrected chi connectivity index (χ1v) is 34.6. The van der Waals surface area contributed by atoms with Crippen molar-refractivity contribution in [1.29, 1.82) is 0 Å². The van der Waals surface area contributed by atoms with Crippen LogP contribution in [0.25, 0.3) is 68.8 Å². The van der Waals surface area contributed by atoms with Crippen LogP contribution >= 0.6 is 45.2 Å². The number of benzene rings is 7. The van der Waals surface area contributed by atoms with Crippen molar-refractivity contribution in [2.45, 2.75) is 182 Å². The number of rotatable bonds is 40. The molecule has 0 saturated carbocycles. The largest absolute Gasteiger partial charge is 0.493 e. The first-order valence-electron chi connectivity index (χ1n) is 32.4. The van der Waals surface area contributed by atoms with Gasteiger partial charge in [-0.25, -0.2) is 0 Å². The van der Waals surface area contributed by atoms with Gasteiger partial charge >= 0.3 is 0 Å². The highest BCUT2D eigenvalue weighted by atomic mass is 127. The molecule has 0 amide bonds. The van der Waals surface area contributed by atoms with Crippen molar-refractivity contribution in [2.75, 3.05) is 26.4 Å². The predicted octanol–water partition coefficient (Wildman–Crippen LogP) is 24.9. The Labute approximate surface area is 535 Å². The molecule has 0 aliphatic heterocycles. The van der Waals surface area contributed by atoms with Crippen molar-refractivity contribution in [3.05, 3.63) is 175 Å². The van der Waals surface area contributed by atoms with Crippen LogP contribution in [0.1, 0.15) is 204 Å². The quantitative estimate of drug-likeness (QED) is 0.0218. The van der Waals surface area contributed by atoms with E-state index in [9.17, 15) is 0 Å². The lowest BCUT2D eigenvalue weighted by Gasteiger charge is -2.19. The predicted molar refractivity (Wildman–Crippen MR) is 380 cm³/mol. The lowest BCUT2D eigenvalue weighted by molar-refractivity contribution is 0.294. The van der Waals surface area contributed by atoms with Crippen molar-refractivity contribution >= 4 is 69.5 Å². The molecule has 0 bridgehead atoms. The second-order valence-corrected chi connectivity index (χ2v) is 24.9. The third-order valence-electron chi connectivity index (χ3n) is 15.9. The van der Waals surface area contributed by atoms with E-state index in [4.69, 9.17) is 18.9 Å². The highest BCUT2D eigenvalue weighted by Crippen LogP contribution is 2.43. The summed E-state index contributed by atoms with van der Waals surface area (Å²) in [7, 11) is 0. The molecule has 0 fully saturated rings. The fraction of sp³-hybridized carbons (Fsp3) is 0.410. The van der Waals surface area contributed by atoms with Gasteiger partial charge < -0.3 is 18.9 Å². The third kappa shape index (κ3) is 21.6. The molecular weight excluding hydrogens is 1250 g/mol. The van der Waals surface area contributed by atoms with Crippen LogP contribution in [0, 0.1) is 7.14 Å². The van der Waals surface area contributed by atoms with Gasteiger partial charge in [0, 0.05) is 11.1 Å². The Kier molecular flexibility index (Phi) is 30.5. The molecule has 0 aromatic heterocycles. The number of halogens is 2. The average molecular weight is 1350 g/mol. The van der Waals surface area contributed by atoms with E-state index in [0.717, 1.165) is 100 Å². The zero-order valence-corrected chi connectivity index (χ0v) is 55.7. The normalized spacial score (nSPS) is 11.5. The fourth-order valence-corrected chi connectivity index (χ4v) is 12.2. The summed E-state index contributed by atoms with van der Waals surface area (Å²) in [4.78, 5) is 0. The molecule has 0 spiro atoms. The third-order valence-corrected chi connectivity index (χ3v) is 17.5. The van der Waals surface area contributed by atoms with E-state index in [1.54, 1.807) is 0 Å². The van der Waals surface area contributed by atoms with Crippen molar-refractivity contribution in [3.63, 3.8) is 0 Å². The minimum Gasteiger partial charge on any atom is -0.493 e. The van der Waals surface area contributed by atoms with E-state index >= 15 is 0 Å².